The number of hydrogen-bond acceptors (Lipinski definition) is 4. The van der Waals surface area contributed by atoms with Crippen LogP contribution < -0.4 is 0 Å². The molecule has 4 unspecified atom stereocenters. The highest BCUT2D eigenvalue weighted by atomic mass is 16.3. The normalized spacial score (nSPS) is 23.5. The summed E-state index contributed by atoms with van der Waals surface area (Å²) in [6.07, 6.45) is 3.51. The van der Waals surface area contributed by atoms with Crippen LogP contribution in [0.15, 0.2) is 54.6 Å². The summed E-state index contributed by atoms with van der Waals surface area (Å²) in [7, 11) is 2.10. The molecule has 26 heavy (non-hydrogen) atoms. The number of phenolic OH excluding ortho intramolecular Hbond substituents is 1. The van der Waals surface area contributed by atoms with Gasteiger partial charge in [-0.05, 0) is 56.0 Å². The van der Waals surface area contributed by atoms with E-state index in [4.69, 9.17) is 0 Å². The molecule has 0 spiro atoms. The summed E-state index contributed by atoms with van der Waals surface area (Å²) in [6, 6.07) is 17.2. The Kier molecular flexibility index (Phi) is 6.30. The second-order valence-electron chi connectivity index (χ2n) is 7.41. The van der Waals surface area contributed by atoms with Crippen LogP contribution in [0, 0.1) is 0 Å². The van der Waals surface area contributed by atoms with Crippen molar-refractivity contribution in [1.29, 1.82) is 0 Å². The first kappa shape index (κ1) is 18.9. The molecule has 0 bridgehead atoms. The van der Waals surface area contributed by atoms with Gasteiger partial charge in [0.15, 0.2) is 0 Å². The van der Waals surface area contributed by atoms with Gasteiger partial charge in [-0.15, -0.1) is 0 Å². The van der Waals surface area contributed by atoms with Crippen LogP contribution in [0.4, 0.5) is 0 Å². The van der Waals surface area contributed by atoms with Crippen LogP contribution in [0.3, 0.4) is 0 Å². The molecule has 3 N–H and O–H groups in total. The first-order chi connectivity index (χ1) is 12.5. The lowest BCUT2D eigenvalue weighted by atomic mass is 9.88. The highest BCUT2D eigenvalue weighted by Gasteiger charge is 2.30. The molecule has 2 aromatic rings. The first-order valence-corrected chi connectivity index (χ1v) is 9.46. The van der Waals surface area contributed by atoms with E-state index in [1.807, 2.05) is 36.4 Å². The van der Waals surface area contributed by atoms with E-state index in [0.29, 0.717) is 18.9 Å². The van der Waals surface area contributed by atoms with Crippen molar-refractivity contribution in [2.24, 2.45) is 0 Å². The Balaban J connectivity index is 1.61. The summed E-state index contributed by atoms with van der Waals surface area (Å²) in [5, 5.41) is 30.8. The molecule has 0 radical (unpaired) electrons. The lowest BCUT2D eigenvalue weighted by Gasteiger charge is -2.41. The van der Waals surface area contributed by atoms with Gasteiger partial charge in [-0.1, -0.05) is 48.9 Å². The molecule has 0 aliphatic carbocycles. The van der Waals surface area contributed by atoms with Gasteiger partial charge < -0.3 is 20.2 Å². The number of aliphatic hydroxyl groups excluding tert-OH is 2. The van der Waals surface area contributed by atoms with E-state index in [2.05, 4.69) is 11.9 Å². The van der Waals surface area contributed by atoms with Crippen LogP contribution in [0.5, 0.6) is 5.75 Å². The predicted molar refractivity (Wildman–Crippen MR) is 103 cm³/mol. The van der Waals surface area contributed by atoms with Crippen molar-refractivity contribution in [1.82, 2.24) is 4.90 Å². The number of rotatable bonds is 6. The van der Waals surface area contributed by atoms with Crippen LogP contribution in [-0.4, -0.2) is 39.4 Å². The third-order valence-electron chi connectivity index (χ3n) is 5.66. The van der Waals surface area contributed by atoms with Crippen LogP contribution in [0.1, 0.15) is 55.4 Å². The average Bonchev–Trinajstić information content (AvgIpc) is 2.65. The Morgan fingerprint density at radius 3 is 2.08 bits per heavy atom. The van der Waals surface area contributed by atoms with Crippen LogP contribution in [0.2, 0.25) is 0 Å². The molecular weight excluding hydrogens is 326 g/mol. The lowest BCUT2D eigenvalue weighted by Crippen LogP contribution is -2.45. The number of nitrogens with zero attached hydrogens (tertiary/aromatic N) is 1. The minimum absolute atomic E-state index is 0.183. The van der Waals surface area contributed by atoms with Gasteiger partial charge in [0, 0.05) is 12.1 Å². The quantitative estimate of drug-likeness (QED) is 0.738. The maximum absolute atomic E-state index is 10.6. The average molecular weight is 355 g/mol. The maximum atomic E-state index is 10.6. The summed E-state index contributed by atoms with van der Waals surface area (Å²) < 4.78 is 0. The summed E-state index contributed by atoms with van der Waals surface area (Å²) >= 11 is 0. The van der Waals surface area contributed by atoms with Gasteiger partial charge in [0.2, 0.25) is 0 Å². The SMILES string of the molecule is CN1C(CC(O)c2ccccc2)CCCC1CC(O)c1cccc(O)c1. The van der Waals surface area contributed by atoms with E-state index < -0.39 is 12.2 Å². The van der Waals surface area contributed by atoms with Gasteiger partial charge in [-0.2, -0.15) is 0 Å². The topological polar surface area (TPSA) is 63.9 Å². The molecule has 4 atom stereocenters. The Morgan fingerprint density at radius 2 is 1.46 bits per heavy atom. The van der Waals surface area contributed by atoms with E-state index in [1.165, 1.54) is 0 Å². The molecule has 0 aromatic heterocycles. The molecule has 1 saturated heterocycles. The zero-order chi connectivity index (χ0) is 18.5. The minimum Gasteiger partial charge on any atom is -0.508 e. The van der Waals surface area contributed by atoms with Crippen molar-refractivity contribution in [3.63, 3.8) is 0 Å². The Bertz CT molecular complexity index is 691. The molecule has 3 rings (SSSR count). The van der Waals surface area contributed by atoms with Gasteiger partial charge in [0.25, 0.3) is 0 Å². The van der Waals surface area contributed by atoms with Gasteiger partial charge in [-0.25, -0.2) is 0 Å². The predicted octanol–water partition coefficient (Wildman–Crippen LogP) is 3.79. The van der Waals surface area contributed by atoms with Crippen molar-refractivity contribution in [3.05, 3.63) is 65.7 Å². The molecule has 2 aromatic carbocycles. The smallest absolute Gasteiger partial charge is 0.115 e. The largest absolute Gasteiger partial charge is 0.508 e. The molecule has 1 fully saturated rings. The maximum Gasteiger partial charge on any atom is 0.115 e. The zero-order valence-electron chi connectivity index (χ0n) is 15.3. The Morgan fingerprint density at radius 1 is 0.885 bits per heavy atom. The number of hydrogen-bond donors (Lipinski definition) is 3. The highest BCUT2D eigenvalue weighted by Crippen LogP contribution is 2.33. The molecule has 1 aliphatic rings. The number of aliphatic hydroxyl groups is 2. The highest BCUT2D eigenvalue weighted by molar-refractivity contribution is 5.28. The fourth-order valence-electron chi connectivity index (χ4n) is 4.06. The third kappa shape index (κ3) is 4.64. The molecule has 4 heteroatoms. The molecule has 0 amide bonds. The van der Waals surface area contributed by atoms with E-state index in [1.54, 1.807) is 18.2 Å². The molecular formula is C22H29NO3. The van der Waals surface area contributed by atoms with E-state index in [0.717, 1.165) is 30.4 Å². The summed E-state index contributed by atoms with van der Waals surface area (Å²) in [5.74, 6) is 0.183. The van der Waals surface area contributed by atoms with Crippen molar-refractivity contribution in [2.75, 3.05) is 7.05 Å². The van der Waals surface area contributed by atoms with E-state index in [9.17, 15) is 15.3 Å². The monoisotopic (exact) mass is 355 g/mol. The number of aromatic hydroxyl groups is 1. The van der Waals surface area contributed by atoms with Gasteiger partial charge in [0.1, 0.15) is 5.75 Å². The van der Waals surface area contributed by atoms with E-state index in [-0.39, 0.29) is 11.8 Å². The molecule has 1 heterocycles. The second-order valence-corrected chi connectivity index (χ2v) is 7.41. The van der Waals surface area contributed by atoms with Crippen LogP contribution in [-0.2, 0) is 0 Å². The van der Waals surface area contributed by atoms with Crippen LogP contribution in [0.25, 0.3) is 0 Å². The summed E-state index contributed by atoms with van der Waals surface area (Å²) in [6.45, 7) is 0. The molecule has 0 saturated carbocycles. The molecule has 140 valence electrons. The third-order valence-corrected chi connectivity index (χ3v) is 5.66. The van der Waals surface area contributed by atoms with Crippen LogP contribution >= 0.6 is 0 Å². The Labute approximate surface area is 155 Å². The lowest BCUT2D eigenvalue weighted by molar-refractivity contribution is 0.0350. The second kappa shape index (κ2) is 8.67. The zero-order valence-corrected chi connectivity index (χ0v) is 15.3. The van der Waals surface area contributed by atoms with Crippen molar-refractivity contribution in [2.45, 2.75) is 56.4 Å². The fourth-order valence-corrected chi connectivity index (χ4v) is 4.06. The Hall–Kier alpha value is -1.88. The standard InChI is InChI=1S/C22H29NO3/c1-23-18(14-21(25)16-7-3-2-4-8-16)10-6-11-19(23)15-22(26)17-9-5-12-20(24)13-17/h2-5,7-9,12-13,18-19,21-22,24-26H,6,10-11,14-15H2,1H3. The first-order valence-electron chi connectivity index (χ1n) is 9.46. The van der Waals surface area contributed by atoms with Gasteiger partial charge in [-0.3, -0.25) is 0 Å². The van der Waals surface area contributed by atoms with Gasteiger partial charge >= 0.3 is 0 Å². The number of phenols is 1. The summed E-state index contributed by atoms with van der Waals surface area (Å²) in [4.78, 5) is 2.32. The number of benzene rings is 2. The fraction of sp³-hybridized carbons (Fsp3) is 0.455. The molecule has 1 aliphatic heterocycles. The summed E-state index contributed by atoms with van der Waals surface area (Å²) in [5.41, 5.74) is 1.72. The van der Waals surface area contributed by atoms with Crippen molar-refractivity contribution < 1.29 is 15.3 Å². The number of likely N-dealkylation sites (tertiary alicyclic amines) is 1. The van der Waals surface area contributed by atoms with E-state index >= 15 is 0 Å². The van der Waals surface area contributed by atoms with Crippen molar-refractivity contribution >= 4 is 0 Å². The van der Waals surface area contributed by atoms with Gasteiger partial charge in [0.05, 0.1) is 12.2 Å². The number of piperidine rings is 1. The van der Waals surface area contributed by atoms with Crippen molar-refractivity contribution in [3.8, 4) is 5.75 Å². The molecule has 4 nitrogen and oxygen atoms in total. The minimum atomic E-state index is -0.590.